The SMILES string of the molecule is O=C(NC(=S)Nc1ccc(Cl)cc1[N+](=O)[O-])c1ccc(-c2cccc([N+](=O)[O-])c2)o1. The highest BCUT2D eigenvalue weighted by Gasteiger charge is 2.18. The molecular weight excluding hydrogens is 436 g/mol. The number of hydrogen-bond acceptors (Lipinski definition) is 7. The lowest BCUT2D eigenvalue weighted by molar-refractivity contribution is -0.384. The molecule has 1 amide bonds. The van der Waals surface area contributed by atoms with Gasteiger partial charge in [-0.2, -0.15) is 0 Å². The van der Waals surface area contributed by atoms with Gasteiger partial charge in [-0.3, -0.25) is 30.3 Å². The lowest BCUT2D eigenvalue weighted by atomic mass is 10.1. The maximum atomic E-state index is 12.3. The molecule has 0 saturated heterocycles. The zero-order valence-electron chi connectivity index (χ0n) is 14.8. The Morgan fingerprint density at radius 2 is 1.80 bits per heavy atom. The second kappa shape index (κ2) is 8.68. The Balaban J connectivity index is 1.72. The van der Waals surface area contributed by atoms with Crippen molar-refractivity contribution < 1.29 is 19.1 Å². The molecule has 0 spiro atoms. The third-order valence-electron chi connectivity index (χ3n) is 3.80. The highest BCUT2D eigenvalue weighted by atomic mass is 35.5. The van der Waals surface area contributed by atoms with Crippen molar-refractivity contribution in [1.29, 1.82) is 0 Å². The molecule has 30 heavy (non-hydrogen) atoms. The molecule has 0 unspecified atom stereocenters. The maximum Gasteiger partial charge on any atom is 0.294 e. The Kier molecular flexibility index (Phi) is 6.04. The van der Waals surface area contributed by atoms with E-state index in [4.69, 9.17) is 28.2 Å². The van der Waals surface area contributed by atoms with Gasteiger partial charge in [0.1, 0.15) is 11.4 Å². The van der Waals surface area contributed by atoms with Gasteiger partial charge in [0.15, 0.2) is 10.9 Å². The number of anilines is 1. The van der Waals surface area contributed by atoms with Gasteiger partial charge in [-0.05, 0) is 36.5 Å². The Labute approximate surface area is 178 Å². The van der Waals surface area contributed by atoms with E-state index in [0.29, 0.717) is 5.56 Å². The number of nitrogens with zero attached hydrogens (tertiary/aromatic N) is 2. The summed E-state index contributed by atoms with van der Waals surface area (Å²) < 4.78 is 5.45. The van der Waals surface area contributed by atoms with Crippen molar-refractivity contribution in [2.24, 2.45) is 0 Å². The predicted octanol–water partition coefficient (Wildman–Crippen LogP) is 4.54. The number of nitro benzene ring substituents is 2. The number of halogens is 1. The van der Waals surface area contributed by atoms with E-state index >= 15 is 0 Å². The van der Waals surface area contributed by atoms with E-state index in [9.17, 15) is 25.0 Å². The van der Waals surface area contributed by atoms with Crippen LogP contribution in [0.2, 0.25) is 5.02 Å². The minimum absolute atomic E-state index is 0.0476. The summed E-state index contributed by atoms with van der Waals surface area (Å²) >= 11 is 10.8. The van der Waals surface area contributed by atoms with Gasteiger partial charge in [0.05, 0.1) is 9.85 Å². The van der Waals surface area contributed by atoms with Crippen molar-refractivity contribution in [3.8, 4) is 11.3 Å². The van der Waals surface area contributed by atoms with Gasteiger partial charge >= 0.3 is 0 Å². The molecule has 0 atom stereocenters. The van der Waals surface area contributed by atoms with Crippen LogP contribution < -0.4 is 10.6 Å². The molecule has 0 bridgehead atoms. The zero-order chi connectivity index (χ0) is 21.8. The number of nitrogens with one attached hydrogen (secondary N) is 2. The van der Waals surface area contributed by atoms with Crippen molar-refractivity contribution >= 4 is 51.9 Å². The van der Waals surface area contributed by atoms with Gasteiger partial charge in [0.25, 0.3) is 17.3 Å². The van der Waals surface area contributed by atoms with E-state index in [1.165, 1.54) is 42.5 Å². The molecule has 0 aliphatic heterocycles. The summed E-state index contributed by atoms with van der Waals surface area (Å²) in [5.41, 5.74) is 0.0297. The molecule has 3 aromatic rings. The molecule has 152 valence electrons. The average molecular weight is 447 g/mol. The first-order valence-electron chi connectivity index (χ1n) is 8.15. The van der Waals surface area contributed by atoms with Crippen LogP contribution in [0.15, 0.2) is 59.0 Å². The quantitative estimate of drug-likeness (QED) is 0.330. The van der Waals surface area contributed by atoms with Gasteiger partial charge in [-0.1, -0.05) is 23.7 Å². The van der Waals surface area contributed by atoms with Crippen molar-refractivity contribution in [1.82, 2.24) is 5.32 Å². The minimum atomic E-state index is -0.708. The first kappa shape index (κ1) is 20.9. The molecule has 1 aromatic heterocycles. The van der Waals surface area contributed by atoms with Crippen LogP contribution in [0.5, 0.6) is 0 Å². The highest BCUT2D eigenvalue weighted by molar-refractivity contribution is 7.80. The monoisotopic (exact) mass is 446 g/mol. The smallest absolute Gasteiger partial charge is 0.294 e. The molecule has 10 nitrogen and oxygen atoms in total. The number of nitro groups is 2. The van der Waals surface area contributed by atoms with Gasteiger partial charge in [-0.15, -0.1) is 0 Å². The van der Waals surface area contributed by atoms with Crippen molar-refractivity contribution in [3.63, 3.8) is 0 Å². The largest absolute Gasteiger partial charge is 0.451 e. The molecule has 0 aliphatic carbocycles. The summed E-state index contributed by atoms with van der Waals surface area (Å²) in [6.07, 6.45) is 0. The summed E-state index contributed by atoms with van der Waals surface area (Å²) in [7, 11) is 0. The van der Waals surface area contributed by atoms with Crippen LogP contribution in [0, 0.1) is 20.2 Å². The third-order valence-corrected chi connectivity index (χ3v) is 4.24. The Bertz CT molecular complexity index is 1180. The molecule has 12 heteroatoms. The van der Waals surface area contributed by atoms with Crippen LogP contribution >= 0.6 is 23.8 Å². The van der Waals surface area contributed by atoms with E-state index in [2.05, 4.69) is 10.6 Å². The Morgan fingerprint density at radius 1 is 1.03 bits per heavy atom. The molecule has 2 aromatic carbocycles. The predicted molar refractivity (Wildman–Crippen MR) is 113 cm³/mol. The zero-order valence-corrected chi connectivity index (χ0v) is 16.4. The fourth-order valence-electron chi connectivity index (χ4n) is 2.47. The number of carbonyl (C=O) groups is 1. The first-order chi connectivity index (χ1) is 14.2. The van der Waals surface area contributed by atoms with Gasteiger partial charge in [0.2, 0.25) is 0 Å². The van der Waals surface area contributed by atoms with E-state index in [1.807, 2.05) is 0 Å². The lowest BCUT2D eigenvalue weighted by Crippen LogP contribution is -2.34. The molecule has 0 aliphatic rings. The number of benzene rings is 2. The molecule has 0 radical (unpaired) electrons. The maximum absolute atomic E-state index is 12.3. The number of furan rings is 1. The summed E-state index contributed by atoms with van der Waals surface area (Å²) in [5.74, 6) is -0.567. The number of amides is 1. The molecule has 3 rings (SSSR count). The third kappa shape index (κ3) is 4.77. The molecule has 2 N–H and O–H groups in total. The summed E-state index contributed by atoms with van der Waals surface area (Å²) in [4.78, 5) is 33.2. The summed E-state index contributed by atoms with van der Waals surface area (Å²) in [6, 6.07) is 12.5. The Hall–Kier alpha value is -3.83. The number of rotatable bonds is 5. The summed E-state index contributed by atoms with van der Waals surface area (Å²) in [6.45, 7) is 0. The number of hydrogen-bond donors (Lipinski definition) is 2. The molecule has 0 saturated carbocycles. The van der Waals surface area contributed by atoms with E-state index < -0.39 is 15.8 Å². The molecular formula is C18H11ClN4O6S. The second-order valence-electron chi connectivity index (χ2n) is 5.80. The highest BCUT2D eigenvalue weighted by Crippen LogP contribution is 2.28. The van der Waals surface area contributed by atoms with Crippen LogP contribution in [0.25, 0.3) is 11.3 Å². The fourth-order valence-corrected chi connectivity index (χ4v) is 2.84. The number of thiocarbonyl (C=S) groups is 1. The van der Waals surface area contributed by atoms with Crippen LogP contribution in [-0.2, 0) is 0 Å². The van der Waals surface area contributed by atoms with Gasteiger partial charge in [0, 0.05) is 28.8 Å². The van der Waals surface area contributed by atoms with Crippen LogP contribution in [-0.4, -0.2) is 20.9 Å². The summed E-state index contributed by atoms with van der Waals surface area (Å²) in [5, 5.41) is 26.9. The van der Waals surface area contributed by atoms with Crippen LogP contribution in [0.3, 0.4) is 0 Å². The topological polar surface area (TPSA) is 141 Å². The van der Waals surface area contributed by atoms with E-state index in [1.54, 1.807) is 6.07 Å². The minimum Gasteiger partial charge on any atom is -0.451 e. The van der Waals surface area contributed by atoms with Crippen molar-refractivity contribution in [3.05, 3.63) is 85.6 Å². The molecule has 1 heterocycles. The lowest BCUT2D eigenvalue weighted by Gasteiger charge is -2.09. The first-order valence-corrected chi connectivity index (χ1v) is 8.94. The second-order valence-corrected chi connectivity index (χ2v) is 6.64. The molecule has 0 fully saturated rings. The van der Waals surface area contributed by atoms with E-state index in [-0.39, 0.29) is 38.7 Å². The van der Waals surface area contributed by atoms with Crippen molar-refractivity contribution in [2.45, 2.75) is 0 Å². The van der Waals surface area contributed by atoms with Crippen LogP contribution in [0.1, 0.15) is 10.6 Å². The number of carbonyl (C=O) groups excluding carboxylic acids is 1. The van der Waals surface area contributed by atoms with Crippen molar-refractivity contribution in [2.75, 3.05) is 5.32 Å². The standard InChI is InChI=1S/C18H11ClN4O6S/c19-11-4-5-13(14(9-11)23(27)28)20-18(30)21-17(24)16-7-6-15(29-16)10-2-1-3-12(8-10)22(25)26/h1-9H,(H2,20,21,24,30). The van der Waals surface area contributed by atoms with Gasteiger partial charge < -0.3 is 9.73 Å². The fraction of sp³-hybridized carbons (Fsp3) is 0. The van der Waals surface area contributed by atoms with Crippen LogP contribution in [0.4, 0.5) is 17.1 Å². The van der Waals surface area contributed by atoms with Gasteiger partial charge in [-0.25, -0.2) is 0 Å². The Morgan fingerprint density at radius 3 is 2.50 bits per heavy atom. The normalized spacial score (nSPS) is 10.3. The number of non-ortho nitro benzene ring substituents is 1. The van der Waals surface area contributed by atoms with E-state index in [0.717, 1.165) is 6.07 Å². The average Bonchev–Trinajstić information content (AvgIpc) is 3.19.